The van der Waals surface area contributed by atoms with E-state index in [4.69, 9.17) is 11.0 Å². The van der Waals surface area contributed by atoms with E-state index in [9.17, 15) is 13.2 Å². The molecule has 0 saturated carbocycles. The van der Waals surface area contributed by atoms with Gasteiger partial charge in [0.2, 0.25) is 0 Å². The molecule has 0 aliphatic carbocycles. The molecule has 6 heteroatoms. The maximum atomic E-state index is 13.0. The summed E-state index contributed by atoms with van der Waals surface area (Å²) in [7, 11) is 0. The fourth-order valence-corrected chi connectivity index (χ4v) is 2.40. The van der Waals surface area contributed by atoms with Gasteiger partial charge >= 0.3 is 6.18 Å². The molecule has 1 unspecified atom stereocenters. The lowest BCUT2D eigenvalue weighted by molar-refractivity contribution is -0.152. The fourth-order valence-electron chi connectivity index (χ4n) is 2.40. The van der Waals surface area contributed by atoms with Gasteiger partial charge < -0.3 is 10.6 Å². The van der Waals surface area contributed by atoms with Crippen molar-refractivity contribution < 1.29 is 13.2 Å². The van der Waals surface area contributed by atoms with E-state index in [2.05, 4.69) is 0 Å². The first-order chi connectivity index (χ1) is 8.93. The van der Waals surface area contributed by atoms with Crippen LogP contribution in [0.25, 0.3) is 0 Å². The number of benzene rings is 1. The largest absolute Gasteiger partial charge is 0.408 e. The first kappa shape index (κ1) is 13.5. The molecule has 3 nitrogen and oxygen atoms in total. The molecular weight excluding hydrogens is 255 g/mol. The van der Waals surface area contributed by atoms with Gasteiger partial charge in [-0.15, -0.1) is 0 Å². The van der Waals surface area contributed by atoms with Crippen LogP contribution in [0.2, 0.25) is 0 Å². The molecule has 1 aromatic carbocycles. The highest BCUT2D eigenvalue weighted by Crippen LogP contribution is 2.35. The summed E-state index contributed by atoms with van der Waals surface area (Å²) in [4.78, 5) is 1.32. The summed E-state index contributed by atoms with van der Waals surface area (Å²) >= 11 is 0. The van der Waals surface area contributed by atoms with Crippen LogP contribution in [0.1, 0.15) is 24.8 Å². The van der Waals surface area contributed by atoms with Gasteiger partial charge in [0.15, 0.2) is 0 Å². The number of nitriles is 1. The number of piperidine rings is 1. The van der Waals surface area contributed by atoms with Crippen LogP contribution in [-0.4, -0.2) is 18.8 Å². The van der Waals surface area contributed by atoms with Crippen molar-refractivity contribution in [3.8, 4) is 6.07 Å². The predicted octanol–water partition coefficient (Wildman–Crippen LogP) is 3.06. The van der Waals surface area contributed by atoms with Gasteiger partial charge in [0.05, 0.1) is 5.56 Å². The summed E-state index contributed by atoms with van der Waals surface area (Å²) in [5, 5.41) is 8.90. The topological polar surface area (TPSA) is 53.0 Å². The van der Waals surface area contributed by atoms with E-state index in [-0.39, 0.29) is 17.7 Å². The Balaban J connectivity index is 2.36. The van der Waals surface area contributed by atoms with Crippen molar-refractivity contribution in [3.05, 3.63) is 23.8 Å². The minimum atomic E-state index is -4.26. The SMILES string of the molecule is N#Cc1cc(N2CCCCC2C(F)(F)F)ccc1N. The zero-order valence-corrected chi connectivity index (χ0v) is 10.2. The number of anilines is 2. The summed E-state index contributed by atoms with van der Waals surface area (Å²) in [6.45, 7) is 0.346. The number of halogens is 3. The van der Waals surface area contributed by atoms with E-state index in [1.165, 1.54) is 17.0 Å². The van der Waals surface area contributed by atoms with Crippen molar-refractivity contribution in [2.45, 2.75) is 31.5 Å². The Hall–Kier alpha value is -1.90. The highest BCUT2D eigenvalue weighted by Gasteiger charge is 2.44. The Morgan fingerprint density at radius 3 is 2.68 bits per heavy atom. The second-order valence-corrected chi connectivity index (χ2v) is 4.63. The maximum absolute atomic E-state index is 13.0. The Morgan fingerprint density at radius 2 is 2.05 bits per heavy atom. The highest BCUT2D eigenvalue weighted by atomic mass is 19.4. The van der Waals surface area contributed by atoms with Gasteiger partial charge in [0.1, 0.15) is 12.1 Å². The fraction of sp³-hybridized carbons (Fsp3) is 0.462. The predicted molar refractivity (Wildman–Crippen MR) is 66.6 cm³/mol. The number of nitrogens with two attached hydrogens (primary N) is 1. The lowest BCUT2D eigenvalue weighted by Gasteiger charge is -2.38. The number of alkyl halides is 3. The molecule has 1 aliphatic rings. The van der Waals surface area contributed by atoms with E-state index in [1.54, 1.807) is 6.07 Å². The quantitative estimate of drug-likeness (QED) is 0.797. The van der Waals surface area contributed by atoms with Crippen molar-refractivity contribution in [2.75, 3.05) is 17.2 Å². The molecule has 0 aromatic heterocycles. The van der Waals surface area contributed by atoms with Crippen LogP contribution in [-0.2, 0) is 0 Å². The molecule has 1 aromatic rings. The smallest absolute Gasteiger partial charge is 0.398 e. The standard InChI is InChI=1S/C13H14F3N3/c14-13(15,16)12-3-1-2-6-19(12)10-4-5-11(18)9(7-10)8-17/h4-5,7,12H,1-3,6,18H2. The van der Waals surface area contributed by atoms with Crippen molar-refractivity contribution in [2.24, 2.45) is 0 Å². The van der Waals surface area contributed by atoms with Gasteiger partial charge in [-0.2, -0.15) is 18.4 Å². The number of nitrogen functional groups attached to an aromatic ring is 1. The molecule has 1 heterocycles. The van der Waals surface area contributed by atoms with E-state index >= 15 is 0 Å². The zero-order valence-electron chi connectivity index (χ0n) is 10.2. The van der Waals surface area contributed by atoms with Gasteiger partial charge in [-0.25, -0.2) is 0 Å². The zero-order chi connectivity index (χ0) is 14.0. The second kappa shape index (κ2) is 5.00. The third kappa shape index (κ3) is 2.75. The molecule has 0 bridgehead atoms. The van der Waals surface area contributed by atoms with Crippen LogP contribution in [0.5, 0.6) is 0 Å². The minimum Gasteiger partial charge on any atom is -0.398 e. The van der Waals surface area contributed by atoms with Crippen LogP contribution in [0, 0.1) is 11.3 Å². The Labute approximate surface area is 109 Å². The molecule has 1 fully saturated rings. The van der Waals surface area contributed by atoms with Crippen LogP contribution in [0.3, 0.4) is 0 Å². The number of nitrogens with zero attached hydrogens (tertiary/aromatic N) is 2. The van der Waals surface area contributed by atoms with Crippen molar-refractivity contribution in [1.82, 2.24) is 0 Å². The maximum Gasteiger partial charge on any atom is 0.408 e. The molecule has 2 N–H and O–H groups in total. The molecule has 2 rings (SSSR count). The van der Waals surface area contributed by atoms with Gasteiger partial charge in [-0.3, -0.25) is 0 Å². The van der Waals surface area contributed by atoms with Gasteiger partial charge in [0, 0.05) is 17.9 Å². The van der Waals surface area contributed by atoms with E-state index in [0.717, 1.165) is 6.42 Å². The first-order valence-corrected chi connectivity index (χ1v) is 6.06. The molecule has 0 amide bonds. The average molecular weight is 269 g/mol. The second-order valence-electron chi connectivity index (χ2n) is 4.63. The molecule has 1 aliphatic heterocycles. The summed E-state index contributed by atoms with van der Waals surface area (Å²) in [6, 6.07) is 4.87. The third-order valence-electron chi connectivity index (χ3n) is 3.37. The molecule has 1 atom stereocenters. The summed E-state index contributed by atoms with van der Waals surface area (Å²) in [5.41, 5.74) is 6.49. The molecule has 0 radical (unpaired) electrons. The molecule has 102 valence electrons. The molecular formula is C13H14F3N3. The van der Waals surface area contributed by atoms with Crippen molar-refractivity contribution in [1.29, 1.82) is 5.26 Å². The van der Waals surface area contributed by atoms with Crippen LogP contribution in [0.15, 0.2) is 18.2 Å². The summed E-state index contributed by atoms with van der Waals surface area (Å²) in [6.07, 6.45) is -2.87. The van der Waals surface area contributed by atoms with Crippen molar-refractivity contribution in [3.63, 3.8) is 0 Å². The van der Waals surface area contributed by atoms with Crippen LogP contribution in [0.4, 0.5) is 24.5 Å². The first-order valence-electron chi connectivity index (χ1n) is 6.06. The Kier molecular flexibility index (Phi) is 3.56. The number of hydrogen-bond donors (Lipinski definition) is 1. The lowest BCUT2D eigenvalue weighted by atomic mass is 10.00. The molecule has 1 saturated heterocycles. The number of rotatable bonds is 1. The highest BCUT2D eigenvalue weighted by molar-refractivity contribution is 5.63. The monoisotopic (exact) mass is 269 g/mol. The van der Waals surface area contributed by atoms with Crippen LogP contribution < -0.4 is 10.6 Å². The third-order valence-corrected chi connectivity index (χ3v) is 3.37. The normalized spacial score (nSPS) is 20.1. The van der Waals surface area contributed by atoms with Crippen LogP contribution >= 0.6 is 0 Å². The van der Waals surface area contributed by atoms with E-state index in [1.807, 2.05) is 6.07 Å². The summed E-state index contributed by atoms with van der Waals surface area (Å²) < 4.78 is 39.0. The molecule has 0 spiro atoms. The van der Waals surface area contributed by atoms with Crippen molar-refractivity contribution >= 4 is 11.4 Å². The summed E-state index contributed by atoms with van der Waals surface area (Å²) in [5.74, 6) is 0. The Bertz CT molecular complexity index is 505. The van der Waals surface area contributed by atoms with Gasteiger partial charge in [0.25, 0.3) is 0 Å². The minimum absolute atomic E-state index is 0.0930. The Morgan fingerprint density at radius 1 is 1.32 bits per heavy atom. The van der Waals surface area contributed by atoms with E-state index < -0.39 is 12.2 Å². The molecule has 19 heavy (non-hydrogen) atoms. The lowest BCUT2D eigenvalue weighted by Crippen LogP contribution is -2.48. The number of hydrogen-bond acceptors (Lipinski definition) is 3. The van der Waals surface area contributed by atoms with Gasteiger partial charge in [-0.05, 0) is 37.5 Å². The van der Waals surface area contributed by atoms with E-state index in [0.29, 0.717) is 18.7 Å². The average Bonchev–Trinajstić information content (AvgIpc) is 2.38. The van der Waals surface area contributed by atoms with Gasteiger partial charge in [-0.1, -0.05) is 0 Å².